The lowest BCUT2D eigenvalue weighted by atomic mass is 9.78. The van der Waals surface area contributed by atoms with Crippen LogP contribution in [0.4, 0.5) is 0 Å². The Hall–Kier alpha value is 0.270. The van der Waals surface area contributed by atoms with E-state index in [4.69, 9.17) is 4.74 Å². The number of hydrogen-bond donors (Lipinski definition) is 1. The van der Waals surface area contributed by atoms with Gasteiger partial charge in [-0.1, -0.05) is 19.3 Å². The number of nitrogens with one attached hydrogen (secondary N) is 1. The van der Waals surface area contributed by atoms with Crippen molar-refractivity contribution >= 4 is 11.8 Å². The molecule has 0 amide bonds. The summed E-state index contributed by atoms with van der Waals surface area (Å²) in [5.41, 5.74) is 0.260. The minimum Gasteiger partial charge on any atom is -0.375 e. The summed E-state index contributed by atoms with van der Waals surface area (Å²) in [6.07, 6.45) is 12.1. The highest BCUT2D eigenvalue weighted by Crippen LogP contribution is 2.38. The summed E-state index contributed by atoms with van der Waals surface area (Å²) in [6, 6.07) is 1.49. The monoisotopic (exact) mass is 269 g/mol. The second kappa shape index (κ2) is 6.15. The summed E-state index contributed by atoms with van der Waals surface area (Å²) in [7, 11) is 0. The SMILES string of the molecule is C1CCC2(CC1)CC(NC1CCCSC1)CCO2. The molecule has 2 aliphatic heterocycles. The molecule has 18 heavy (non-hydrogen) atoms. The molecule has 104 valence electrons. The standard InChI is InChI=1S/C15H27NOS/c1-2-7-15(8-3-1)11-13(6-9-17-15)16-14-5-4-10-18-12-14/h13-14,16H,1-12H2. The summed E-state index contributed by atoms with van der Waals surface area (Å²) in [4.78, 5) is 0. The Bertz CT molecular complexity index is 254. The zero-order valence-electron chi connectivity index (χ0n) is 11.5. The lowest BCUT2D eigenvalue weighted by Crippen LogP contribution is -2.51. The Morgan fingerprint density at radius 2 is 1.89 bits per heavy atom. The van der Waals surface area contributed by atoms with Crippen molar-refractivity contribution in [2.24, 2.45) is 0 Å². The molecule has 1 aliphatic carbocycles. The van der Waals surface area contributed by atoms with Crippen molar-refractivity contribution in [3.63, 3.8) is 0 Å². The molecule has 0 radical (unpaired) electrons. The van der Waals surface area contributed by atoms with Gasteiger partial charge in [-0.25, -0.2) is 0 Å². The lowest BCUT2D eigenvalue weighted by molar-refractivity contribution is -0.109. The molecule has 0 aromatic rings. The minimum atomic E-state index is 0.260. The van der Waals surface area contributed by atoms with Crippen molar-refractivity contribution in [3.8, 4) is 0 Å². The number of hydrogen-bond acceptors (Lipinski definition) is 3. The van der Waals surface area contributed by atoms with E-state index in [1.54, 1.807) is 0 Å². The zero-order chi connectivity index (χ0) is 12.3. The van der Waals surface area contributed by atoms with Gasteiger partial charge in [-0.05, 0) is 44.3 Å². The quantitative estimate of drug-likeness (QED) is 0.830. The van der Waals surface area contributed by atoms with Gasteiger partial charge in [0, 0.05) is 24.4 Å². The van der Waals surface area contributed by atoms with E-state index >= 15 is 0 Å². The van der Waals surface area contributed by atoms with Gasteiger partial charge in [-0.15, -0.1) is 0 Å². The molecule has 1 spiro atoms. The predicted molar refractivity (Wildman–Crippen MR) is 78.3 cm³/mol. The van der Waals surface area contributed by atoms with Crippen LogP contribution in [0.15, 0.2) is 0 Å². The van der Waals surface area contributed by atoms with Crippen LogP contribution in [-0.4, -0.2) is 35.8 Å². The molecule has 3 fully saturated rings. The summed E-state index contributed by atoms with van der Waals surface area (Å²) in [5, 5.41) is 3.93. The number of rotatable bonds is 2. The fourth-order valence-electron chi connectivity index (χ4n) is 3.92. The van der Waals surface area contributed by atoms with Crippen LogP contribution in [0.25, 0.3) is 0 Å². The Morgan fingerprint density at radius 3 is 2.67 bits per heavy atom. The van der Waals surface area contributed by atoms with E-state index in [1.165, 1.54) is 69.3 Å². The van der Waals surface area contributed by atoms with Gasteiger partial charge in [0.25, 0.3) is 0 Å². The molecule has 1 saturated carbocycles. The van der Waals surface area contributed by atoms with Gasteiger partial charge >= 0.3 is 0 Å². The summed E-state index contributed by atoms with van der Waals surface area (Å²) >= 11 is 2.12. The second-order valence-corrected chi connectivity index (χ2v) is 7.51. The van der Waals surface area contributed by atoms with Crippen LogP contribution in [0.2, 0.25) is 0 Å². The van der Waals surface area contributed by atoms with Crippen molar-refractivity contribution in [1.29, 1.82) is 0 Å². The molecule has 2 atom stereocenters. The van der Waals surface area contributed by atoms with Gasteiger partial charge in [-0.3, -0.25) is 0 Å². The van der Waals surface area contributed by atoms with Crippen molar-refractivity contribution < 1.29 is 4.74 Å². The first-order chi connectivity index (χ1) is 8.86. The van der Waals surface area contributed by atoms with Crippen molar-refractivity contribution in [3.05, 3.63) is 0 Å². The summed E-state index contributed by atoms with van der Waals surface area (Å²) in [5.74, 6) is 2.69. The number of thioether (sulfide) groups is 1. The highest BCUT2D eigenvalue weighted by atomic mass is 32.2. The van der Waals surface area contributed by atoms with Crippen molar-refractivity contribution in [2.45, 2.75) is 75.5 Å². The molecule has 3 aliphatic rings. The molecule has 0 aromatic heterocycles. The van der Waals surface area contributed by atoms with Gasteiger partial charge in [0.15, 0.2) is 0 Å². The Labute approximate surface area is 116 Å². The van der Waals surface area contributed by atoms with Gasteiger partial charge in [-0.2, -0.15) is 11.8 Å². The normalized spacial score (nSPS) is 36.7. The molecule has 2 saturated heterocycles. The van der Waals surface area contributed by atoms with E-state index in [0.29, 0.717) is 0 Å². The lowest BCUT2D eigenvalue weighted by Gasteiger charge is -2.44. The first kappa shape index (κ1) is 13.3. The van der Waals surface area contributed by atoms with E-state index in [9.17, 15) is 0 Å². The third-order valence-corrected chi connectivity index (χ3v) is 6.10. The van der Waals surface area contributed by atoms with Crippen LogP contribution in [-0.2, 0) is 4.74 Å². The molecule has 1 N–H and O–H groups in total. The Balaban J connectivity index is 1.52. The molecule has 2 nitrogen and oxygen atoms in total. The van der Waals surface area contributed by atoms with E-state index in [0.717, 1.165) is 18.7 Å². The highest BCUT2D eigenvalue weighted by molar-refractivity contribution is 7.99. The first-order valence-electron chi connectivity index (χ1n) is 7.84. The number of ether oxygens (including phenoxy) is 1. The summed E-state index contributed by atoms with van der Waals surface area (Å²) < 4.78 is 6.18. The average molecular weight is 269 g/mol. The molecule has 3 heteroatoms. The van der Waals surface area contributed by atoms with E-state index in [2.05, 4.69) is 17.1 Å². The van der Waals surface area contributed by atoms with Crippen LogP contribution in [0.5, 0.6) is 0 Å². The van der Waals surface area contributed by atoms with Crippen molar-refractivity contribution in [1.82, 2.24) is 5.32 Å². The maximum absolute atomic E-state index is 6.18. The third-order valence-electron chi connectivity index (χ3n) is 4.89. The Morgan fingerprint density at radius 1 is 1.00 bits per heavy atom. The molecule has 0 bridgehead atoms. The summed E-state index contributed by atoms with van der Waals surface area (Å²) in [6.45, 7) is 0.984. The highest BCUT2D eigenvalue weighted by Gasteiger charge is 2.38. The molecule has 2 unspecified atom stereocenters. The van der Waals surface area contributed by atoms with Gasteiger partial charge in [0.05, 0.1) is 5.60 Å². The first-order valence-corrected chi connectivity index (χ1v) is 9.00. The molecule has 2 heterocycles. The van der Waals surface area contributed by atoms with Gasteiger partial charge in [0.2, 0.25) is 0 Å². The molecular formula is C15H27NOS. The van der Waals surface area contributed by atoms with Gasteiger partial charge < -0.3 is 10.1 Å². The smallest absolute Gasteiger partial charge is 0.0697 e. The maximum Gasteiger partial charge on any atom is 0.0697 e. The third kappa shape index (κ3) is 3.23. The predicted octanol–water partition coefficient (Wildman–Crippen LogP) is 3.35. The largest absolute Gasteiger partial charge is 0.375 e. The fraction of sp³-hybridized carbons (Fsp3) is 1.00. The van der Waals surface area contributed by atoms with Crippen LogP contribution in [0.3, 0.4) is 0 Å². The minimum absolute atomic E-state index is 0.260. The van der Waals surface area contributed by atoms with E-state index in [1.807, 2.05) is 0 Å². The van der Waals surface area contributed by atoms with Crippen LogP contribution in [0.1, 0.15) is 57.8 Å². The van der Waals surface area contributed by atoms with Crippen LogP contribution in [0, 0.1) is 0 Å². The van der Waals surface area contributed by atoms with Gasteiger partial charge in [0.1, 0.15) is 0 Å². The average Bonchev–Trinajstić information content (AvgIpc) is 2.41. The van der Waals surface area contributed by atoms with E-state index in [-0.39, 0.29) is 5.60 Å². The fourth-order valence-corrected chi connectivity index (χ4v) is 5.00. The maximum atomic E-state index is 6.18. The second-order valence-electron chi connectivity index (χ2n) is 6.36. The molecular weight excluding hydrogens is 242 g/mol. The molecule has 0 aromatic carbocycles. The van der Waals surface area contributed by atoms with Crippen LogP contribution < -0.4 is 5.32 Å². The van der Waals surface area contributed by atoms with E-state index < -0.39 is 0 Å². The molecule has 3 rings (SSSR count). The Kier molecular flexibility index (Phi) is 4.53. The van der Waals surface area contributed by atoms with Crippen molar-refractivity contribution in [2.75, 3.05) is 18.1 Å². The van der Waals surface area contributed by atoms with Crippen LogP contribution >= 0.6 is 11.8 Å². The zero-order valence-corrected chi connectivity index (χ0v) is 12.3. The topological polar surface area (TPSA) is 21.3 Å².